The number of phosphoric ester groups is 1. The van der Waals surface area contributed by atoms with Gasteiger partial charge in [0.1, 0.15) is 19.8 Å². The van der Waals surface area contributed by atoms with Gasteiger partial charge in [0.2, 0.25) is 0 Å². The number of likely N-dealkylation sites (N-methyl/N-ethyl adjacent to an activating group) is 1. The van der Waals surface area contributed by atoms with Gasteiger partial charge in [-0.15, -0.1) is 0 Å². The zero-order valence-corrected chi connectivity index (χ0v) is 34.6. The van der Waals surface area contributed by atoms with E-state index in [9.17, 15) is 19.0 Å². The van der Waals surface area contributed by atoms with E-state index < -0.39 is 32.5 Å². The lowest BCUT2D eigenvalue weighted by molar-refractivity contribution is -0.870. The van der Waals surface area contributed by atoms with E-state index in [0.29, 0.717) is 17.4 Å². The number of ether oxygens (including phenoxy) is 2. The number of unbranched alkanes of at least 4 members (excludes halogenated alkanes) is 14. The van der Waals surface area contributed by atoms with Gasteiger partial charge in [0.15, 0.2) is 6.10 Å². The standard InChI is InChI=1S/C42H76NO8P/c1-6-8-10-12-14-16-17-18-19-20-21-22-23-24-25-27-29-31-33-35-42(45)51-40(39-50-52(46,47)49-37-36-43(3,4)5)38-48-41(44)34-32-30-28-26-15-13-11-9-7-2/h8,10,14,16,18-19,21-22,40H,6-7,9,11-13,15,17,20,23-39H2,1-5H3/b10-8-,16-14-,19-18-,22-21-. The van der Waals surface area contributed by atoms with Gasteiger partial charge in [-0.2, -0.15) is 0 Å². The Bertz CT molecular complexity index is 1030. The molecule has 0 radical (unpaired) electrons. The van der Waals surface area contributed by atoms with Crippen molar-refractivity contribution in [3.63, 3.8) is 0 Å². The van der Waals surface area contributed by atoms with Gasteiger partial charge in [0.05, 0.1) is 27.7 Å². The van der Waals surface area contributed by atoms with Crippen LogP contribution in [-0.4, -0.2) is 70.0 Å². The number of quaternary nitrogens is 1. The van der Waals surface area contributed by atoms with E-state index >= 15 is 0 Å². The third kappa shape index (κ3) is 37.7. The summed E-state index contributed by atoms with van der Waals surface area (Å²) < 4.78 is 33.7. The van der Waals surface area contributed by atoms with E-state index in [2.05, 4.69) is 62.5 Å². The summed E-state index contributed by atoms with van der Waals surface area (Å²) >= 11 is 0. The van der Waals surface area contributed by atoms with Crippen LogP contribution in [0.2, 0.25) is 0 Å². The summed E-state index contributed by atoms with van der Waals surface area (Å²) in [6.07, 6.45) is 38.5. The quantitative estimate of drug-likeness (QED) is 0.0204. The summed E-state index contributed by atoms with van der Waals surface area (Å²) in [4.78, 5) is 37.3. The number of nitrogens with zero attached hydrogens (tertiary/aromatic N) is 1. The molecule has 0 bridgehead atoms. The van der Waals surface area contributed by atoms with Crippen molar-refractivity contribution in [2.75, 3.05) is 47.5 Å². The zero-order chi connectivity index (χ0) is 38.6. The molecule has 0 aromatic carbocycles. The molecule has 0 saturated carbocycles. The lowest BCUT2D eigenvalue weighted by Gasteiger charge is -2.28. The molecule has 0 aliphatic carbocycles. The van der Waals surface area contributed by atoms with Gasteiger partial charge in [-0.25, -0.2) is 0 Å². The molecule has 302 valence electrons. The molecule has 0 aromatic heterocycles. The summed E-state index contributed by atoms with van der Waals surface area (Å²) in [5.74, 6) is -0.856. The first kappa shape index (κ1) is 50.0. The number of carbonyl (C=O) groups excluding carboxylic acids is 2. The molecule has 0 N–H and O–H groups in total. The first-order chi connectivity index (χ1) is 25.0. The van der Waals surface area contributed by atoms with Gasteiger partial charge in [-0.05, 0) is 51.4 Å². The van der Waals surface area contributed by atoms with Gasteiger partial charge < -0.3 is 27.9 Å². The molecule has 9 nitrogen and oxygen atoms in total. The summed E-state index contributed by atoms with van der Waals surface area (Å²) in [6, 6.07) is 0. The van der Waals surface area contributed by atoms with E-state index in [4.69, 9.17) is 18.5 Å². The maximum Gasteiger partial charge on any atom is 0.306 e. The van der Waals surface area contributed by atoms with E-state index in [0.717, 1.165) is 83.5 Å². The second kappa shape index (κ2) is 34.7. The van der Waals surface area contributed by atoms with Gasteiger partial charge >= 0.3 is 11.9 Å². The molecule has 0 saturated heterocycles. The van der Waals surface area contributed by atoms with E-state index in [1.54, 1.807) is 0 Å². The zero-order valence-electron chi connectivity index (χ0n) is 33.7. The molecule has 2 atom stereocenters. The molecule has 2 unspecified atom stereocenters. The highest BCUT2D eigenvalue weighted by molar-refractivity contribution is 7.45. The molecule has 0 spiro atoms. The van der Waals surface area contributed by atoms with Crippen LogP contribution in [0.3, 0.4) is 0 Å². The lowest BCUT2D eigenvalue weighted by atomic mass is 10.1. The fraction of sp³-hybridized carbons (Fsp3) is 0.762. The van der Waals surface area contributed by atoms with Crippen molar-refractivity contribution in [2.24, 2.45) is 0 Å². The summed E-state index contributed by atoms with van der Waals surface area (Å²) in [6.45, 7) is 4.05. The predicted molar refractivity (Wildman–Crippen MR) is 213 cm³/mol. The average molecular weight is 754 g/mol. The van der Waals surface area contributed by atoms with Crippen molar-refractivity contribution in [2.45, 2.75) is 161 Å². The molecule has 10 heteroatoms. The van der Waals surface area contributed by atoms with Crippen LogP contribution in [0, 0.1) is 0 Å². The number of hydrogen-bond donors (Lipinski definition) is 0. The number of hydrogen-bond acceptors (Lipinski definition) is 8. The second-order valence-electron chi connectivity index (χ2n) is 14.6. The van der Waals surface area contributed by atoms with E-state index in [1.165, 1.54) is 38.5 Å². The number of rotatable bonds is 36. The molecule has 0 heterocycles. The van der Waals surface area contributed by atoms with Crippen molar-refractivity contribution in [3.05, 3.63) is 48.6 Å². The summed E-state index contributed by atoms with van der Waals surface area (Å²) in [7, 11) is 1.15. The fourth-order valence-electron chi connectivity index (χ4n) is 5.17. The van der Waals surface area contributed by atoms with Crippen LogP contribution in [0.1, 0.15) is 155 Å². The lowest BCUT2D eigenvalue weighted by Crippen LogP contribution is -2.37. The van der Waals surface area contributed by atoms with Crippen LogP contribution >= 0.6 is 7.82 Å². The number of phosphoric acid groups is 1. The number of carbonyl (C=O) groups is 2. The molecule has 0 rings (SSSR count). The van der Waals surface area contributed by atoms with Crippen molar-refractivity contribution in [1.82, 2.24) is 0 Å². The van der Waals surface area contributed by atoms with E-state index in [-0.39, 0.29) is 26.1 Å². The maximum absolute atomic E-state index is 12.6. The topological polar surface area (TPSA) is 111 Å². The Labute approximate surface area is 318 Å². The van der Waals surface area contributed by atoms with Crippen molar-refractivity contribution >= 4 is 19.8 Å². The van der Waals surface area contributed by atoms with Crippen LogP contribution in [0.4, 0.5) is 0 Å². The Morgan fingerprint density at radius 3 is 1.63 bits per heavy atom. The molecule has 0 aliphatic heterocycles. The van der Waals surface area contributed by atoms with Crippen molar-refractivity contribution in [1.29, 1.82) is 0 Å². The van der Waals surface area contributed by atoms with Crippen LogP contribution in [0.25, 0.3) is 0 Å². The minimum atomic E-state index is -4.62. The van der Waals surface area contributed by atoms with E-state index in [1.807, 2.05) is 21.1 Å². The molecule has 0 fully saturated rings. The first-order valence-electron chi connectivity index (χ1n) is 20.3. The van der Waals surface area contributed by atoms with Gasteiger partial charge in [-0.1, -0.05) is 140 Å². The van der Waals surface area contributed by atoms with Crippen molar-refractivity contribution in [3.8, 4) is 0 Å². The highest BCUT2D eigenvalue weighted by atomic mass is 31.2. The Hall–Kier alpha value is -2.03. The Morgan fingerprint density at radius 2 is 1.10 bits per heavy atom. The molecule has 0 aromatic rings. The molecular formula is C42H76NO8P. The minimum Gasteiger partial charge on any atom is -0.756 e. The largest absolute Gasteiger partial charge is 0.756 e. The molecule has 0 aliphatic rings. The Balaban J connectivity index is 4.38. The second-order valence-corrected chi connectivity index (χ2v) is 16.0. The first-order valence-corrected chi connectivity index (χ1v) is 21.8. The molecule has 0 amide bonds. The highest BCUT2D eigenvalue weighted by Gasteiger charge is 2.21. The maximum atomic E-state index is 12.6. The van der Waals surface area contributed by atoms with Crippen molar-refractivity contribution < 1.29 is 42.1 Å². The normalized spacial score (nSPS) is 14.2. The summed E-state index contributed by atoms with van der Waals surface area (Å²) in [5.41, 5.74) is 0. The summed E-state index contributed by atoms with van der Waals surface area (Å²) in [5, 5.41) is 0. The van der Waals surface area contributed by atoms with Crippen LogP contribution in [-0.2, 0) is 32.7 Å². The van der Waals surface area contributed by atoms with Crippen LogP contribution in [0.15, 0.2) is 48.6 Å². The van der Waals surface area contributed by atoms with Crippen LogP contribution in [0.5, 0.6) is 0 Å². The number of esters is 2. The Morgan fingerprint density at radius 1 is 0.615 bits per heavy atom. The average Bonchev–Trinajstić information content (AvgIpc) is 3.09. The fourth-order valence-corrected chi connectivity index (χ4v) is 5.90. The van der Waals surface area contributed by atoms with Gasteiger partial charge in [0.25, 0.3) is 7.82 Å². The molecular weight excluding hydrogens is 677 g/mol. The van der Waals surface area contributed by atoms with Gasteiger partial charge in [0, 0.05) is 12.8 Å². The third-order valence-electron chi connectivity index (χ3n) is 8.36. The minimum absolute atomic E-state index is 0.0348. The SMILES string of the molecule is CC/C=C\C/C=C\C/C=C\C/C=C\CCCCCCCCC(=O)OC(COC(=O)CCCCCCCCCCC)COP(=O)([O-])OCC[N+](C)(C)C. The van der Waals surface area contributed by atoms with Gasteiger partial charge in [-0.3, -0.25) is 14.2 Å². The smallest absolute Gasteiger partial charge is 0.306 e. The molecule has 52 heavy (non-hydrogen) atoms. The van der Waals surface area contributed by atoms with Crippen LogP contribution < -0.4 is 4.89 Å². The third-order valence-corrected chi connectivity index (χ3v) is 9.33. The number of allylic oxidation sites excluding steroid dienone is 8. The Kier molecular flexibility index (Phi) is 33.4. The predicted octanol–water partition coefficient (Wildman–Crippen LogP) is 10.5. The highest BCUT2D eigenvalue weighted by Crippen LogP contribution is 2.38. The monoisotopic (exact) mass is 754 g/mol.